The summed E-state index contributed by atoms with van der Waals surface area (Å²) in [6, 6.07) is 34.0. The van der Waals surface area contributed by atoms with Gasteiger partial charge < -0.3 is 0 Å². The molecule has 0 saturated heterocycles. The predicted octanol–water partition coefficient (Wildman–Crippen LogP) is 10.3. The largest absolute Gasteiger partial charge is 0.247 e. The molecule has 0 N–H and O–H groups in total. The zero-order valence-electron chi connectivity index (χ0n) is 26.9. The van der Waals surface area contributed by atoms with Crippen molar-refractivity contribution in [3.63, 3.8) is 0 Å². The van der Waals surface area contributed by atoms with E-state index in [1.54, 1.807) is 84.9 Å². The summed E-state index contributed by atoms with van der Waals surface area (Å²) in [4.78, 5) is 15.0. The standard InChI is InChI=1S/C42H17F5N6/c43-34-32(35(44)37(46)38(47)36(34)45)25-4-3-5-26(16-25)39-31-27(20-50)17-30-42(33(31)28-6-1-2-7-29(28)51-39)53-41(24-14-10-22(19-49)11-15-24)40(52-30)23-12-8-21(18-48)9-13-23/h1-17H. The highest BCUT2D eigenvalue weighted by Crippen LogP contribution is 2.42. The van der Waals surface area contributed by atoms with Crippen LogP contribution in [-0.2, 0) is 0 Å². The summed E-state index contributed by atoms with van der Waals surface area (Å²) in [7, 11) is 0. The van der Waals surface area contributed by atoms with E-state index in [0.29, 0.717) is 66.4 Å². The molecule has 0 amide bonds. The van der Waals surface area contributed by atoms with E-state index in [0.717, 1.165) is 0 Å². The van der Waals surface area contributed by atoms with Gasteiger partial charge in [-0.25, -0.2) is 36.9 Å². The minimum atomic E-state index is -2.27. The Hall–Kier alpha value is -7.55. The lowest BCUT2D eigenvalue weighted by Crippen LogP contribution is -2.04. The Morgan fingerprint density at radius 1 is 0.434 bits per heavy atom. The molecule has 0 radical (unpaired) electrons. The van der Waals surface area contributed by atoms with E-state index in [-0.39, 0.29) is 22.4 Å². The number of benzene rings is 6. The molecule has 2 heterocycles. The topological polar surface area (TPSA) is 110 Å². The fraction of sp³-hybridized carbons (Fsp3) is 0. The van der Waals surface area contributed by atoms with E-state index in [4.69, 9.17) is 15.0 Å². The third-order valence-corrected chi connectivity index (χ3v) is 8.93. The van der Waals surface area contributed by atoms with E-state index in [2.05, 4.69) is 18.2 Å². The number of halogens is 5. The second-order valence-corrected chi connectivity index (χ2v) is 12.0. The van der Waals surface area contributed by atoms with Gasteiger partial charge in [0.25, 0.3) is 0 Å². The molecular formula is C42H17F5N6. The number of fused-ring (bicyclic) bond motifs is 5. The van der Waals surface area contributed by atoms with Crippen molar-refractivity contribution in [1.82, 2.24) is 15.0 Å². The predicted molar refractivity (Wildman–Crippen MR) is 188 cm³/mol. The van der Waals surface area contributed by atoms with Crippen molar-refractivity contribution in [2.24, 2.45) is 0 Å². The minimum Gasteiger partial charge on any atom is -0.247 e. The average molecular weight is 701 g/mol. The first-order valence-electron chi connectivity index (χ1n) is 15.8. The number of nitriles is 3. The number of hydrogen-bond donors (Lipinski definition) is 0. The molecule has 2 aromatic heterocycles. The van der Waals surface area contributed by atoms with Crippen LogP contribution in [-0.4, -0.2) is 15.0 Å². The molecular weight excluding hydrogens is 683 g/mol. The highest BCUT2D eigenvalue weighted by molar-refractivity contribution is 6.23. The number of rotatable bonds is 4. The van der Waals surface area contributed by atoms with Crippen LogP contribution in [0.25, 0.3) is 77.6 Å². The van der Waals surface area contributed by atoms with Crippen molar-refractivity contribution in [1.29, 1.82) is 15.8 Å². The van der Waals surface area contributed by atoms with Gasteiger partial charge in [0.1, 0.15) is 0 Å². The number of para-hydroxylation sites is 1. The van der Waals surface area contributed by atoms with Crippen LogP contribution in [0, 0.1) is 63.1 Å². The lowest BCUT2D eigenvalue weighted by molar-refractivity contribution is 0.381. The highest BCUT2D eigenvalue weighted by atomic mass is 19.2. The van der Waals surface area contributed by atoms with Gasteiger partial charge in [0.05, 0.1) is 74.1 Å². The summed E-state index contributed by atoms with van der Waals surface area (Å²) in [6.45, 7) is 0. The summed E-state index contributed by atoms with van der Waals surface area (Å²) in [5, 5.41) is 30.8. The van der Waals surface area contributed by atoms with Crippen molar-refractivity contribution >= 4 is 32.7 Å². The fourth-order valence-electron chi connectivity index (χ4n) is 6.45. The number of aromatic nitrogens is 3. The molecule has 0 aliphatic carbocycles. The van der Waals surface area contributed by atoms with E-state index in [9.17, 15) is 37.7 Å². The maximum absolute atomic E-state index is 15.0. The lowest BCUT2D eigenvalue weighted by Gasteiger charge is -2.16. The summed E-state index contributed by atoms with van der Waals surface area (Å²) in [5.74, 6) is -10.4. The number of nitrogens with zero attached hydrogens (tertiary/aromatic N) is 6. The average Bonchev–Trinajstić information content (AvgIpc) is 3.21. The van der Waals surface area contributed by atoms with Crippen LogP contribution in [0.1, 0.15) is 16.7 Å². The molecule has 53 heavy (non-hydrogen) atoms. The normalized spacial score (nSPS) is 11.1. The number of hydrogen-bond acceptors (Lipinski definition) is 6. The number of pyridine rings is 1. The first-order chi connectivity index (χ1) is 25.7. The third kappa shape index (κ3) is 5.26. The van der Waals surface area contributed by atoms with Gasteiger partial charge in [-0.2, -0.15) is 15.8 Å². The Bertz CT molecular complexity index is 2950. The van der Waals surface area contributed by atoms with Crippen LogP contribution in [0.3, 0.4) is 0 Å². The van der Waals surface area contributed by atoms with Crippen molar-refractivity contribution < 1.29 is 22.0 Å². The molecule has 0 spiro atoms. The van der Waals surface area contributed by atoms with Gasteiger partial charge in [0.15, 0.2) is 23.3 Å². The van der Waals surface area contributed by atoms with Crippen LogP contribution >= 0.6 is 0 Å². The van der Waals surface area contributed by atoms with Crippen LogP contribution in [0.2, 0.25) is 0 Å². The molecule has 0 saturated carbocycles. The molecule has 0 unspecified atom stereocenters. The Kier molecular flexibility index (Phi) is 7.79. The first-order valence-corrected chi connectivity index (χ1v) is 15.8. The maximum Gasteiger partial charge on any atom is 0.200 e. The van der Waals surface area contributed by atoms with Crippen LogP contribution in [0.5, 0.6) is 0 Å². The zero-order chi connectivity index (χ0) is 37.0. The Morgan fingerprint density at radius 2 is 0.981 bits per heavy atom. The second-order valence-electron chi connectivity index (χ2n) is 12.0. The monoisotopic (exact) mass is 700 g/mol. The summed E-state index contributed by atoms with van der Waals surface area (Å²) in [5.41, 5.74) is 3.38. The molecule has 8 aromatic rings. The van der Waals surface area contributed by atoms with E-state index < -0.39 is 34.6 Å². The van der Waals surface area contributed by atoms with Gasteiger partial charge in [-0.1, -0.05) is 60.7 Å². The molecule has 0 aliphatic heterocycles. The van der Waals surface area contributed by atoms with Gasteiger partial charge in [-0.15, -0.1) is 0 Å². The van der Waals surface area contributed by atoms with E-state index >= 15 is 0 Å². The van der Waals surface area contributed by atoms with Gasteiger partial charge in [0.2, 0.25) is 5.82 Å². The Balaban J connectivity index is 1.47. The molecule has 0 fully saturated rings. The lowest BCUT2D eigenvalue weighted by atomic mass is 9.93. The maximum atomic E-state index is 15.0. The van der Waals surface area contributed by atoms with Gasteiger partial charge >= 0.3 is 0 Å². The first kappa shape index (κ1) is 32.6. The van der Waals surface area contributed by atoms with Crippen molar-refractivity contribution in [3.05, 3.63) is 149 Å². The second kappa shape index (κ2) is 12.6. The molecule has 0 bridgehead atoms. The van der Waals surface area contributed by atoms with Crippen molar-refractivity contribution in [2.45, 2.75) is 0 Å². The molecule has 6 aromatic carbocycles. The van der Waals surface area contributed by atoms with E-state index in [1.165, 1.54) is 18.2 Å². The Morgan fingerprint density at radius 3 is 1.58 bits per heavy atom. The summed E-state index contributed by atoms with van der Waals surface area (Å²) in [6.07, 6.45) is 0. The van der Waals surface area contributed by atoms with Crippen LogP contribution in [0.15, 0.2) is 103 Å². The van der Waals surface area contributed by atoms with E-state index in [1.807, 2.05) is 0 Å². The third-order valence-electron chi connectivity index (χ3n) is 8.93. The molecule has 8 rings (SSSR count). The van der Waals surface area contributed by atoms with Crippen molar-refractivity contribution in [3.8, 4) is 63.1 Å². The Labute approximate surface area is 296 Å². The quantitative estimate of drug-likeness (QED) is 0.0782. The fourth-order valence-corrected chi connectivity index (χ4v) is 6.45. The van der Waals surface area contributed by atoms with Gasteiger partial charge in [0, 0.05) is 32.8 Å². The van der Waals surface area contributed by atoms with Gasteiger partial charge in [-0.3, -0.25) is 0 Å². The van der Waals surface area contributed by atoms with Gasteiger partial charge in [-0.05, 0) is 48.0 Å². The smallest absolute Gasteiger partial charge is 0.200 e. The van der Waals surface area contributed by atoms with Crippen LogP contribution in [0.4, 0.5) is 22.0 Å². The van der Waals surface area contributed by atoms with Crippen LogP contribution < -0.4 is 0 Å². The molecule has 11 heteroatoms. The summed E-state index contributed by atoms with van der Waals surface area (Å²) >= 11 is 0. The van der Waals surface area contributed by atoms with Crippen molar-refractivity contribution in [2.75, 3.05) is 0 Å². The molecule has 0 atom stereocenters. The molecule has 250 valence electrons. The molecule has 0 aliphatic rings. The summed E-state index contributed by atoms with van der Waals surface area (Å²) < 4.78 is 72.4. The SMILES string of the molecule is N#Cc1ccc(-c2nc3cc(C#N)c4c(-c5cccc(-c6c(F)c(F)c(F)c(F)c6F)c5)nc5ccccc5c4c3nc2-c2ccc(C#N)cc2)cc1. The highest BCUT2D eigenvalue weighted by Gasteiger charge is 2.27. The minimum absolute atomic E-state index is 0.133. The molecule has 6 nitrogen and oxygen atoms in total. The zero-order valence-corrected chi connectivity index (χ0v) is 26.9.